The van der Waals surface area contributed by atoms with E-state index in [1.807, 2.05) is 18.2 Å². The maximum atomic E-state index is 12.6. The zero-order valence-electron chi connectivity index (χ0n) is 15.0. The van der Waals surface area contributed by atoms with Crippen LogP contribution in [0.1, 0.15) is 50.6 Å². The molecular formula is C20H28N2O3. The Morgan fingerprint density at radius 2 is 2.12 bits per heavy atom. The van der Waals surface area contributed by atoms with Gasteiger partial charge in [0.15, 0.2) is 0 Å². The van der Waals surface area contributed by atoms with Gasteiger partial charge in [0, 0.05) is 31.7 Å². The summed E-state index contributed by atoms with van der Waals surface area (Å²) in [7, 11) is 0. The van der Waals surface area contributed by atoms with E-state index in [9.17, 15) is 4.79 Å². The molecule has 3 aliphatic rings. The number of benzene rings is 1. The number of hydrogen-bond acceptors (Lipinski definition) is 4. The van der Waals surface area contributed by atoms with Gasteiger partial charge in [0.2, 0.25) is 5.91 Å². The number of carbonyl (C=O) groups is 1. The van der Waals surface area contributed by atoms with E-state index >= 15 is 0 Å². The van der Waals surface area contributed by atoms with Crippen LogP contribution < -0.4 is 10.1 Å². The lowest BCUT2D eigenvalue weighted by Gasteiger charge is -2.47. The monoisotopic (exact) mass is 344 g/mol. The Morgan fingerprint density at radius 1 is 1.32 bits per heavy atom. The zero-order chi connectivity index (χ0) is 17.3. The Kier molecular flexibility index (Phi) is 4.69. The van der Waals surface area contributed by atoms with E-state index in [0.29, 0.717) is 6.61 Å². The summed E-state index contributed by atoms with van der Waals surface area (Å²) in [5, 5.41) is 3.26. The number of fused-ring (bicyclic) bond motifs is 1. The summed E-state index contributed by atoms with van der Waals surface area (Å²) in [6, 6.07) is 8.15. The Hall–Kier alpha value is -1.59. The van der Waals surface area contributed by atoms with E-state index in [-0.39, 0.29) is 23.7 Å². The van der Waals surface area contributed by atoms with Crippen LogP contribution in [0.25, 0.3) is 0 Å². The van der Waals surface area contributed by atoms with Crippen molar-refractivity contribution < 1.29 is 14.3 Å². The van der Waals surface area contributed by atoms with E-state index in [2.05, 4.69) is 23.2 Å². The van der Waals surface area contributed by atoms with Gasteiger partial charge in [-0.2, -0.15) is 0 Å². The first kappa shape index (κ1) is 16.9. The standard InChI is InChI=1S/C20H28N2O3/c1-2-22-11-9-20(10-12-22)14-16(15-6-3-4-7-17(15)25-20)21-19(23)18-8-5-13-24-18/h3-4,6-7,16,18H,2,5,8-14H2,1H3,(H,21,23)/t16-,18+/m0/s1. The first-order valence-electron chi connectivity index (χ1n) is 9.61. The lowest BCUT2D eigenvalue weighted by molar-refractivity contribution is -0.131. The van der Waals surface area contributed by atoms with E-state index in [0.717, 1.165) is 63.1 Å². The second-order valence-corrected chi connectivity index (χ2v) is 7.52. The molecule has 0 radical (unpaired) electrons. The van der Waals surface area contributed by atoms with Gasteiger partial charge in [0.05, 0.1) is 6.04 Å². The van der Waals surface area contributed by atoms with Gasteiger partial charge in [-0.05, 0) is 38.3 Å². The van der Waals surface area contributed by atoms with Crippen molar-refractivity contribution in [2.75, 3.05) is 26.2 Å². The van der Waals surface area contributed by atoms with Crippen LogP contribution in [-0.4, -0.2) is 48.8 Å². The molecule has 1 aromatic rings. The van der Waals surface area contributed by atoms with Crippen molar-refractivity contribution in [3.8, 4) is 5.75 Å². The topological polar surface area (TPSA) is 50.8 Å². The average molecular weight is 344 g/mol. The van der Waals surface area contributed by atoms with Crippen LogP contribution in [-0.2, 0) is 9.53 Å². The molecule has 4 rings (SSSR count). The van der Waals surface area contributed by atoms with Crippen molar-refractivity contribution in [2.45, 2.75) is 56.8 Å². The van der Waals surface area contributed by atoms with Crippen LogP contribution in [0.15, 0.2) is 24.3 Å². The Morgan fingerprint density at radius 3 is 2.84 bits per heavy atom. The number of likely N-dealkylation sites (tertiary alicyclic amines) is 1. The number of nitrogens with one attached hydrogen (secondary N) is 1. The number of amides is 1. The van der Waals surface area contributed by atoms with Crippen molar-refractivity contribution in [3.05, 3.63) is 29.8 Å². The molecule has 0 unspecified atom stereocenters. The van der Waals surface area contributed by atoms with Crippen LogP contribution in [0.5, 0.6) is 5.75 Å². The lowest BCUT2D eigenvalue weighted by atomic mass is 9.80. The fourth-order valence-corrected chi connectivity index (χ4v) is 4.38. The Bertz CT molecular complexity index is 619. The zero-order valence-corrected chi connectivity index (χ0v) is 15.0. The molecular weight excluding hydrogens is 316 g/mol. The van der Waals surface area contributed by atoms with Gasteiger partial charge in [-0.3, -0.25) is 4.79 Å². The molecule has 2 atom stereocenters. The molecule has 1 aromatic carbocycles. The highest BCUT2D eigenvalue weighted by Gasteiger charge is 2.43. The summed E-state index contributed by atoms with van der Waals surface area (Å²) in [5.41, 5.74) is 0.937. The molecule has 1 amide bonds. The lowest BCUT2D eigenvalue weighted by Crippen LogP contribution is -2.52. The molecule has 25 heavy (non-hydrogen) atoms. The molecule has 0 aromatic heterocycles. The Balaban J connectivity index is 1.54. The number of carbonyl (C=O) groups excluding carboxylic acids is 1. The largest absolute Gasteiger partial charge is 0.487 e. The third kappa shape index (κ3) is 3.40. The molecule has 5 heteroatoms. The number of para-hydroxylation sites is 1. The predicted molar refractivity (Wildman–Crippen MR) is 95.6 cm³/mol. The number of ether oxygens (including phenoxy) is 2. The van der Waals surface area contributed by atoms with Gasteiger partial charge in [-0.15, -0.1) is 0 Å². The molecule has 0 aliphatic carbocycles. The summed E-state index contributed by atoms with van der Waals surface area (Å²) in [6.45, 7) is 6.11. The van der Waals surface area contributed by atoms with Gasteiger partial charge in [0.1, 0.15) is 17.5 Å². The van der Waals surface area contributed by atoms with Crippen molar-refractivity contribution in [1.29, 1.82) is 0 Å². The molecule has 1 spiro atoms. The second kappa shape index (κ2) is 6.96. The Labute approximate surface area is 149 Å². The highest BCUT2D eigenvalue weighted by atomic mass is 16.5. The predicted octanol–water partition coefficient (Wildman–Crippen LogP) is 2.66. The number of rotatable bonds is 3. The fourth-order valence-electron chi connectivity index (χ4n) is 4.38. The molecule has 0 saturated carbocycles. The van der Waals surface area contributed by atoms with Crippen LogP contribution in [0.2, 0.25) is 0 Å². The quantitative estimate of drug-likeness (QED) is 0.916. The van der Waals surface area contributed by atoms with Crippen molar-refractivity contribution >= 4 is 5.91 Å². The van der Waals surface area contributed by atoms with Crippen molar-refractivity contribution in [2.24, 2.45) is 0 Å². The molecule has 3 heterocycles. The van der Waals surface area contributed by atoms with Gasteiger partial charge in [-0.1, -0.05) is 25.1 Å². The molecule has 136 valence electrons. The molecule has 0 bridgehead atoms. The summed E-state index contributed by atoms with van der Waals surface area (Å²) in [4.78, 5) is 15.1. The maximum absolute atomic E-state index is 12.6. The van der Waals surface area contributed by atoms with Gasteiger partial charge < -0.3 is 19.7 Å². The third-order valence-corrected chi connectivity index (χ3v) is 5.95. The summed E-state index contributed by atoms with van der Waals surface area (Å²) in [5.74, 6) is 0.955. The molecule has 3 aliphatic heterocycles. The molecule has 1 N–H and O–H groups in total. The summed E-state index contributed by atoms with van der Waals surface area (Å²) >= 11 is 0. The molecule has 5 nitrogen and oxygen atoms in total. The van der Waals surface area contributed by atoms with Crippen LogP contribution >= 0.6 is 0 Å². The molecule has 2 saturated heterocycles. The highest BCUT2D eigenvalue weighted by Crippen LogP contribution is 2.44. The number of hydrogen-bond donors (Lipinski definition) is 1. The summed E-state index contributed by atoms with van der Waals surface area (Å²) in [6.07, 6.45) is 4.39. The maximum Gasteiger partial charge on any atom is 0.249 e. The first-order valence-corrected chi connectivity index (χ1v) is 9.61. The van der Waals surface area contributed by atoms with E-state index in [4.69, 9.17) is 9.47 Å². The SMILES string of the molecule is CCN1CCC2(CC1)C[C@H](NC(=O)[C@H]1CCCO1)c1ccccc1O2. The molecule has 2 fully saturated rings. The minimum atomic E-state index is -0.284. The normalized spacial score (nSPS) is 28.4. The van der Waals surface area contributed by atoms with E-state index < -0.39 is 0 Å². The van der Waals surface area contributed by atoms with Gasteiger partial charge >= 0.3 is 0 Å². The van der Waals surface area contributed by atoms with Gasteiger partial charge in [0.25, 0.3) is 0 Å². The van der Waals surface area contributed by atoms with Crippen molar-refractivity contribution in [1.82, 2.24) is 10.2 Å². The van der Waals surface area contributed by atoms with Crippen molar-refractivity contribution in [3.63, 3.8) is 0 Å². The minimum Gasteiger partial charge on any atom is -0.487 e. The average Bonchev–Trinajstić information content (AvgIpc) is 3.17. The van der Waals surface area contributed by atoms with Crippen LogP contribution in [0.3, 0.4) is 0 Å². The first-order chi connectivity index (χ1) is 12.2. The highest BCUT2D eigenvalue weighted by molar-refractivity contribution is 5.81. The van der Waals surface area contributed by atoms with Crippen LogP contribution in [0.4, 0.5) is 0 Å². The fraction of sp³-hybridized carbons (Fsp3) is 0.650. The number of piperidine rings is 1. The van der Waals surface area contributed by atoms with E-state index in [1.54, 1.807) is 0 Å². The van der Waals surface area contributed by atoms with E-state index in [1.165, 1.54) is 0 Å². The number of nitrogens with zero attached hydrogens (tertiary/aromatic N) is 1. The van der Waals surface area contributed by atoms with Crippen LogP contribution in [0, 0.1) is 0 Å². The summed E-state index contributed by atoms with van der Waals surface area (Å²) < 4.78 is 12.0. The second-order valence-electron chi connectivity index (χ2n) is 7.52. The third-order valence-electron chi connectivity index (χ3n) is 5.95. The minimum absolute atomic E-state index is 0.00910. The van der Waals surface area contributed by atoms with Gasteiger partial charge in [-0.25, -0.2) is 0 Å². The smallest absolute Gasteiger partial charge is 0.249 e.